The lowest BCUT2D eigenvalue weighted by Crippen LogP contribution is -2.22. The molecule has 1 nitrogen and oxygen atoms in total. The number of halogens is 1. The van der Waals surface area contributed by atoms with Gasteiger partial charge in [0.15, 0.2) is 0 Å². The van der Waals surface area contributed by atoms with E-state index in [1.807, 2.05) is 12.1 Å². The first-order valence-corrected chi connectivity index (χ1v) is 5.38. The zero-order valence-corrected chi connectivity index (χ0v) is 9.88. The van der Waals surface area contributed by atoms with Crippen LogP contribution in [0.4, 0.5) is 0 Å². The van der Waals surface area contributed by atoms with Crippen molar-refractivity contribution in [2.45, 2.75) is 20.4 Å². The maximum absolute atomic E-state index is 5.82. The summed E-state index contributed by atoms with van der Waals surface area (Å²) >= 11 is 5.82. The third-order valence-corrected chi connectivity index (χ3v) is 2.29. The molecule has 0 aromatic heterocycles. The molecule has 2 heteroatoms. The van der Waals surface area contributed by atoms with E-state index < -0.39 is 0 Å². The van der Waals surface area contributed by atoms with Gasteiger partial charge in [-0.2, -0.15) is 0 Å². The Kier molecular flexibility index (Phi) is 4.43. The van der Waals surface area contributed by atoms with E-state index in [0.29, 0.717) is 5.92 Å². The van der Waals surface area contributed by atoms with Crippen molar-refractivity contribution in [1.29, 1.82) is 0 Å². The minimum absolute atomic E-state index is 0.715. The molecule has 0 saturated heterocycles. The molecule has 0 N–H and O–H groups in total. The Bertz CT molecular complexity index is 266. The van der Waals surface area contributed by atoms with Gasteiger partial charge in [0.05, 0.1) is 0 Å². The molecule has 0 fully saturated rings. The molecule has 1 aromatic rings. The van der Waals surface area contributed by atoms with Crippen LogP contribution in [0.25, 0.3) is 0 Å². The zero-order valence-electron chi connectivity index (χ0n) is 9.13. The highest BCUT2D eigenvalue weighted by Gasteiger charge is 2.02. The van der Waals surface area contributed by atoms with Crippen molar-refractivity contribution >= 4 is 11.6 Å². The smallest absolute Gasteiger partial charge is 0.0406 e. The fraction of sp³-hybridized carbons (Fsp3) is 0.500. The zero-order chi connectivity index (χ0) is 10.6. The molecule has 0 bridgehead atoms. The Morgan fingerprint density at radius 2 is 1.79 bits per heavy atom. The van der Waals surface area contributed by atoms with Gasteiger partial charge in [-0.05, 0) is 30.7 Å². The van der Waals surface area contributed by atoms with E-state index in [9.17, 15) is 0 Å². The van der Waals surface area contributed by atoms with Gasteiger partial charge in [0.2, 0.25) is 0 Å². The summed E-state index contributed by atoms with van der Waals surface area (Å²) in [4.78, 5) is 2.33. The van der Waals surface area contributed by atoms with Crippen LogP contribution >= 0.6 is 11.6 Å². The van der Waals surface area contributed by atoms with E-state index in [1.165, 1.54) is 5.56 Å². The standard InChI is InChI=1S/C12H18ClN/c1-10(2)8-14(3)9-11-4-6-12(13)7-5-11/h4-7,10H,8-9H2,1-3H3. The highest BCUT2D eigenvalue weighted by Crippen LogP contribution is 2.11. The molecule has 0 amide bonds. The molecule has 0 atom stereocenters. The maximum atomic E-state index is 5.82. The van der Waals surface area contributed by atoms with Crippen LogP contribution in [0, 0.1) is 5.92 Å². The summed E-state index contributed by atoms with van der Waals surface area (Å²) in [6.07, 6.45) is 0. The molecule has 0 radical (unpaired) electrons. The average Bonchev–Trinajstić information content (AvgIpc) is 2.07. The highest BCUT2D eigenvalue weighted by atomic mass is 35.5. The van der Waals surface area contributed by atoms with Crippen molar-refractivity contribution < 1.29 is 0 Å². The fourth-order valence-electron chi connectivity index (χ4n) is 1.59. The van der Waals surface area contributed by atoms with E-state index in [1.54, 1.807) is 0 Å². The first kappa shape index (κ1) is 11.5. The molecule has 0 unspecified atom stereocenters. The van der Waals surface area contributed by atoms with Crippen LogP contribution in [0.15, 0.2) is 24.3 Å². The summed E-state index contributed by atoms with van der Waals surface area (Å²) in [7, 11) is 2.15. The van der Waals surface area contributed by atoms with Crippen LogP contribution in [0.3, 0.4) is 0 Å². The predicted molar refractivity (Wildman–Crippen MR) is 62.6 cm³/mol. The van der Waals surface area contributed by atoms with Gasteiger partial charge in [0, 0.05) is 18.1 Å². The number of hydrogen-bond acceptors (Lipinski definition) is 1. The molecule has 0 saturated carbocycles. The number of rotatable bonds is 4. The van der Waals surface area contributed by atoms with Crippen molar-refractivity contribution in [3.8, 4) is 0 Å². The van der Waals surface area contributed by atoms with Gasteiger partial charge in [-0.25, -0.2) is 0 Å². The lowest BCUT2D eigenvalue weighted by atomic mass is 10.2. The second-order valence-corrected chi connectivity index (χ2v) is 4.65. The normalized spacial score (nSPS) is 11.3. The second-order valence-electron chi connectivity index (χ2n) is 4.22. The van der Waals surface area contributed by atoms with Crippen molar-refractivity contribution in [2.75, 3.05) is 13.6 Å². The number of hydrogen-bond donors (Lipinski definition) is 0. The van der Waals surface area contributed by atoms with Gasteiger partial charge in [-0.3, -0.25) is 0 Å². The lowest BCUT2D eigenvalue weighted by Gasteiger charge is -2.18. The van der Waals surface area contributed by atoms with Crippen molar-refractivity contribution in [2.24, 2.45) is 5.92 Å². The van der Waals surface area contributed by atoms with Gasteiger partial charge < -0.3 is 4.90 Å². The molecule has 78 valence electrons. The highest BCUT2D eigenvalue weighted by molar-refractivity contribution is 6.30. The first-order valence-electron chi connectivity index (χ1n) is 5.01. The third kappa shape index (κ3) is 4.12. The molecular weight excluding hydrogens is 194 g/mol. The minimum Gasteiger partial charge on any atom is -0.302 e. The van der Waals surface area contributed by atoms with Gasteiger partial charge in [0.1, 0.15) is 0 Å². The van der Waals surface area contributed by atoms with Crippen molar-refractivity contribution in [3.63, 3.8) is 0 Å². The van der Waals surface area contributed by atoms with Crippen LogP contribution < -0.4 is 0 Å². The van der Waals surface area contributed by atoms with Crippen LogP contribution in [-0.4, -0.2) is 18.5 Å². The van der Waals surface area contributed by atoms with E-state index in [-0.39, 0.29) is 0 Å². The summed E-state index contributed by atoms with van der Waals surface area (Å²) in [5.74, 6) is 0.715. The molecule has 0 heterocycles. The van der Waals surface area contributed by atoms with Gasteiger partial charge >= 0.3 is 0 Å². The van der Waals surface area contributed by atoms with E-state index >= 15 is 0 Å². The Hall–Kier alpha value is -0.530. The Morgan fingerprint density at radius 3 is 2.29 bits per heavy atom. The summed E-state index contributed by atoms with van der Waals surface area (Å²) in [6, 6.07) is 8.05. The third-order valence-electron chi connectivity index (χ3n) is 2.04. The molecule has 1 rings (SSSR count). The first-order chi connectivity index (χ1) is 6.58. The quantitative estimate of drug-likeness (QED) is 0.738. The Balaban J connectivity index is 2.47. The van der Waals surface area contributed by atoms with Gasteiger partial charge in [-0.1, -0.05) is 37.6 Å². The van der Waals surface area contributed by atoms with Gasteiger partial charge in [-0.15, -0.1) is 0 Å². The van der Waals surface area contributed by atoms with Gasteiger partial charge in [0.25, 0.3) is 0 Å². The Labute approximate surface area is 91.7 Å². The van der Waals surface area contributed by atoms with E-state index in [0.717, 1.165) is 18.1 Å². The fourth-order valence-corrected chi connectivity index (χ4v) is 1.72. The molecule has 0 aliphatic carbocycles. The SMILES string of the molecule is CC(C)CN(C)Cc1ccc(Cl)cc1. The molecule has 0 aliphatic heterocycles. The molecular formula is C12H18ClN. The minimum atomic E-state index is 0.715. The van der Waals surface area contributed by atoms with E-state index in [4.69, 9.17) is 11.6 Å². The Morgan fingerprint density at radius 1 is 1.21 bits per heavy atom. The summed E-state index contributed by atoms with van der Waals surface area (Å²) in [5.41, 5.74) is 1.32. The van der Waals surface area contributed by atoms with E-state index in [2.05, 4.69) is 37.9 Å². The lowest BCUT2D eigenvalue weighted by molar-refractivity contribution is 0.288. The largest absolute Gasteiger partial charge is 0.302 e. The topological polar surface area (TPSA) is 3.24 Å². The number of nitrogens with zero attached hydrogens (tertiary/aromatic N) is 1. The van der Waals surface area contributed by atoms with Crippen LogP contribution in [0.5, 0.6) is 0 Å². The van der Waals surface area contributed by atoms with Crippen molar-refractivity contribution in [1.82, 2.24) is 4.90 Å². The average molecular weight is 212 g/mol. The molecule has 0 spiro atoms. The predicted octanol–water partition coefficient (Wildman–Crippen LogP) is 3.43. The van der Waals surface area contributed by atoms with Crippen LogP contribution in [0.1, 0.15) is 19.4 Å². The van der Waals surface area contributed by atoms with Crippen molar-refractivity contribution in [3.05, 3.63) is 34.9 Å². The van der Waals surface area contributed by atoms with Crippen LogP contribution in [-0.2, 0) is 6.54 Å². The van der Waals surface area contributed by atoms with Crippen LogP contribution in [0.2, 0.25) is 5.02 Å². The molecule has 0 aliphatic rings. The summed E-state index contributed by atoms with van der Waals surface area (Å²) in [6.45, 7) is 6.59. The maximum Gasteiger partial charge on any atom is 0.0406 e. The second kappa shape index (κ2) is 5.38. The summed E-state index contributed by atoms with van der Waals surface area (Å²) < 4.78 is 0. The molecule has 14 heavy (non-hydrogen) atoms. The summed E-state index contributed by atoms with van der Waals surface area (Å²) in [5, 5.41) is 0.806. The monoisotopic (exact) mass is 211 g/mol. The molecule has 1 aromatic carbocycles. The number of benzene rings is 1.